The first kappa shape index (κ1) is 16.3. The summed E-state index contributed by atoms with van der Waals surface area (Å²) in [7, 11) is 0. The van der Waals surface area contributed by atoms with E-state index in [1.807, 2.05) is 30.3 Å². The van der Waals surface area contributed by atoms with E-state index in [1.54, 1.807) is 6.07 Å². The van der Waals surface area contributed by atoms with E-state index in [0.29, 0.717) is 18.0 Å². The van der Waals surface area contributed by atoms with Crippen LogP contribution in [0.2, 0.25) is 0 Å². The fraction of sp³-hybridized carbons (Fsp3) is 0.0588. The number of nitrogens with one attached hydrogen (secondary N) is 1. The topological polar surface area (TPSA) is 110 Å². The van der Waals surface area contributed by atoms with Crippen LogP contribution in [0.1, 0.15) is 17.1 Å². The van der Waals surface area contributed by atoms with Crippen LogP contribution in [0.3, 0.4) is 0 Å². The normalized spacial score (nSPS) is 12.4. The van der Waals surface area contributed by atoms with Gasteiger partial charge in [0.15, 0.2) is 5.82 Å². The lowest BCUT2D eigenvalue weighted by Gasteiger charge is -2.03. The molecule has 0 aliphatic carbocycles. The number of nitrogens with zero attached hydrogens (tertiary/aromatic N) is 3. The molecule has 3 aromatic rings. The van der Waals surface area contributed by atoms with Crippen molar-refractivity contribution in [3.63, 3.8) is 0 Å². The minimum absolute atomic E-state index is 0.0438. The number of nitrogens with two attached hydrogens (primary N) is 1. The summed E-state index contributed by atoms with van der Waals surface area (Å²) in [5.41, 5.74) is 7.10. The molecule has 25 heavy (non-hydrogen) atoms. The molecule has 3 rings (SSSR count). The molecular weight excluding hydrogens is 325 g/mol. The van der Waals surface area contributed by atoms with Crippen LogP contribution in [-0.2, 0) is 6.54 Å². The van der Waals surface area contributed by atoms with E-state index >= 15 is 0 Å². The SMILES string of the molecule is N/C(=C\C(=NCc1ccccc1)c1ccon1)c1ncc(F)c(=O)[nH]1. The highest BCUT2D eigenvalue weighted by Gasteiger charge is 2.09. The predicted molar refractivity (Wildman–Crippen MR) is 90.2 cm³/mol. The first-order valence-corrected chi connectivity index (χ1v) is 7.35. The number of allylic oxidation sites excluding steroid dienone is 1. The van der Waals surface area contributed by atoms with E-state index in [1.165, 1.54) is 12.3 Å². The van der Waals surface area contributed by atoms with E-state index in [4.69, 9.17) is 10.3 Å². The van der Waals surface area contributed by atoms with Gasteiger partial charge in [-0.1, -0.05) is 35.5 Å². The summed E-state index contributed by atoms with van der Waals surface area (Å²) >= 11 is 0. The standard InChI is InChI=1S/C17H14FN5O2/c18-12-10-21-16(22-17(12)24)13(19)8-15(14-6-7-25-23-14)20-9-11-4-2-1-3-5-11/h1-8,10H,9,19H2,(H,21,22,24)/b13-8-,20-15?. The number of hydrogen-bond acceptors (Lipinski definition) is 6. The Bertz CT molecular complexity index is 962. The second-order valence-corrected chi connectivity index (χ2v) is 5.08. The van der Waals surface area contributed by atoms with Gasteiger partial charge in [0.05, 0.1) is 24.2 Å². The van der Waals surface area contributed by atoms with Gasteiger partial charge in [-0.2, -0.15) is 4.39 Å². The van der Waals surface area contributed by atoms with Crippen LogP contribution in [0.4, 0.5) is 4.39 Å². The van der Waals surface area contributed by atoms with Gasteiger partial charge in [-0.25, -0.2) is 4.98 Å². The zero-order valence-corrected chi connectivity index (χ0v) is 13.0. The zero-order chi connectivity index (χ0) is 17.6. The van der Waals surface area contributed by atoms with Crippen molar-refractivity contribution in [3.8, 4) is 0 Å². The molecule has 2 heterocycles. The maximum atomic E-state index is 13.0. The van der Waals surface area contributed by atoms with Crippen molar-refractivity contribution in [2.45, 2.75) is 6.54 Å². The molecule has 0 bridgehead atoms. The molecule has 0 amide bonds. The van der Waals surface area contributed by atoms with Gasteiger partial charge in [0.2, 0.25) is 5.82 Å². The van der Waals surface area contributed by atoms with Gasteiger partial charge < -0.3 is 15.2 Å². The van der Waals surface area contributed by atoms with Gasteiger partial charge in [-0.15, -0.1) is 0 Å². The van der Waals surface area contributed by atoms with Crippen molar-refractivity contribution in [3.05, 3.63) is 88.2 Å². The summed E-state index contributed by atoms with van der Waals surface area (Å²) in [5, 5.41) is 3.85. The van der Waals surface area contributed by atoms with Crippen LogP contribution in [0.25, 0.3) is 5.70 Å². The molecule has 2 aromatic heterocycles. The molecule has 1 aromatic carbocycles. The smallest absolute Gasteiger partial charge is 0.287 e. The highest BCUT2D eigenvalue weighted by atomic mass is 19.1. The van der Waals surface area contributed by atoms with Gasteiger partial charge in [-0.05, 0) is 11.6 Å². The van der Waals surface area contributed by atoms with Crippen molar-refractivity contribution >= 4 is 11.4 Å². The van der Waals surface area contributed by atoms with Crippen LogP contribution >= 0.6 is 0 Å². The molecule has 0 fully saturated rings. The Kier molecular flexibility index (Phi) is 4.79. The maximum absolute atomic E-state index is 13.0. The van der Waals surface area contributed by atoms with Gasteiger partial charge in [-0.3, -0.25) is 9.79 Å². The van der Waals surface area contributed by atoms with E-state index in [2.05, 4.69) is 20.1 Å². The fourth-order valence-electron chi connectivity index (χ4n) is 2.05. The first-order valence-electron chi connectivity index (χ1n) is 7.35. The minimum atomic E-state index is -0.981. The van der Waals surface area contributed by atoms with Gasteiger partial charge in [0.25, 0.3) is 5.56 Å². The Balaban J connectivity index is 1.94. The number of benzene rings is 1. The van der Waals surface area contributed by atoms with Gasteiger partial charge >= 0.3 is 0 Å². The highest BCUT2D eigenvalue weighted by Crippen LogP contribution is 2.08. The number of hydrogen-bond donors (Lipinski definition) is 2. The highest BCUT2D eigenvalue weighted by molar-refractivity contribution is 6.10. The second-order valence-electron chi connectivity index (χ2n) is 5.08. The molecule has 0 unspecified atom stereocenters. The van der Waals surface area contributed by atoms with Gasteiger partial charge in [0, 0.05) is 6.07 Å². The summed E-state index contributed by atoms with van der Waals surface area (Å²) in [6, 6.07) is 11.3. The van der Waals surface area contributed by atoms with E-state index in [0.717, 1.165) is 11.8 Å². The van der Waals surface area contributed by atoms with E-state index in [-0.39, 0.29) is 11.5 Å². The summed E-state index contributed by atoms with van der Waals surface area (Å²) in [6.45, 7) is 0.403. The van der Waals surface area contributed by atoms with E-state index < -0.39 is 11.4 Å². The molecule has 8 heteroatoms. The van der Waals surface area contributed by atoms with Crippen molar-refractivity contribution < 1.29 is 8.91 Å². The van der Waals surface area contributed by atoms with Crippen LogP contribution in [0, 0.1) is 5.82 Å². The number of H-pyrrole nitrogens is 1. The molecule has 0 radical (unpaired) electrons. The summed E-state index contributed by atoms with van der Waals surface area (Å²) in [6.07, 6.45) is 3.72. The average Bonchev–Trinajstić information content (AvgIpc) is 3.16. The Morgan fingerprint density at radius 2 is 2.12 bits per heavy atom. The molecule has 0 aliphatic heterocycles. The third-order valence-corrected chi connectivity index (χ3v) is 3.30. The number of aromatic nitrogens is 3. The first-order chi connectivity index (χ1) is 12.1. The lowest BCUT2D eigenvalue weighted by atomic mass is 10.2. The van der Waals surface area contributed by atoms with Crippen LogP contribution < -0.4 is 11.3 Å². The summed E-state index contributed by atoms with van der Waals surface area (Å²) in [4.78, 5) is 21.9. The molecule has 3 N–H and O–H groups in total. The van der Waals surface area contributed by atoms with Crippen LogP contribution in [0.15, 0.2) is 69.2 Å². The van der Waals surface area contributed by atoms with Crippen molar-refractivity contribution in [2.24, 2.45) is 10.7 Å². The molecule has 7 nitrogen and oxygen atoms in total. The predicted octanol–water partition coefficient (Wildman–Crippen LogP) is 1.89. The molecule has 0 aliphatic rings. The molecule has 126 valence electrons. The van der Waals surface area contributed by atoms with Crippen molar-refractivity contribution in [2.75, 3.05) is 0 Å². The quantitative estimate of drug-likeness (QED) is 0.690. The molecule has 0 saturated heterocycles. The number of rotatable bonds is 5. The lowest BCUT2D eigenvalue weighted by Crippen LogP contribution is -2.17. The number of aliphatic imine (C=N–C) groups is 1. The van der Waals surface area contributed by atoms with Crippen LogP contribution in [0.5, 0.6) is 0 Å². The maximum Gasteiger partial charge on any atom is 0.287 e. The monoisotopic (exact) mass is 339 g/mol. The Labute approximate surface area is 141 Å². The van der Waals surface area contributed by atoms with E-state index in [9.17, 15) is 9.18 Å². The molecule has 0 saturated carbocycles. The van der Waals surface area contributed by atoms with Crippen molar-refractivity contribution in [1.29, 1.82) is 0 Å². The fourth-order valence-corrected chi connectivity index (χ4v) is 2.05. The lowest BCUT2D eigenvalue weighted by molar-refractivity contribution is 0.418. The average molecular weight is 339 g/mol. The van der Waals surface area contributed by atoms with Crippen LogP contribution in [-0.4, -0.2) is 20.8 Å². The third kappa shape index (κ3) is 4.05. The minimum Gasteiger partial charge on any atom is -0.396 e. The largest absolute Gasteiger partial charge is 0.396 e. The second kappa shape index (κ2) is 7.35. The zero-order valence-electron chi connectivity index (χ0n) is 13.0. The van der Waals surface area contributed by atoms with Crippen molar-refractivity contribution in [1.82, 2.24) is 15.1 Å². The van der Waals surface area contributed by atoms with Gasteiger partial charge in [0.1, 0.15) is 12.0 Å². The summed E-state index contributed by atoms with van der Waals surface area (Å²) in [5.74, 6) is -0.937. The number of aromatic amines is 1. The molecule has 0 atom stereocenters. The Morgan fingerprint density at radius 1 is 1.32 bits per heavy atom. The summed E-state index contributed by atoms with van der Waals surface area (Å²) < 4.78 is 17.9. The number of halogens is 1. The third-order valence-electron chi connectivity index (χ3n) is 3.30. The Hall–Kier alpha value is -3.55. The Morgan fingerprint density at radius 3 is 2.80 bits per heavy atom. The molecular formula is C17H14FN5O2. The molecule has 0 spiro atoms.